The maximum Gasteiger partial charge on any atom is 0.416 e. The Morgan fingerprint density at radius 3 is 2.48 bits per heavy atom. The van der Waals surface area contributed by atoms with E-state index in [2.05, 4.69) is 10.4 Å². The van der Waals surface area contributed by atoms with Gasteiger partial charge in [0, 0.05) is 13.2 Å². The van der Waals surface area contributed by atoms with Crippen LogP contribution < -0.4 is 5.32 Å². The number of hydrogen-bond donors (Lipinski definition) is 1. The molecule has 2 aromatic rings. The lowest BCUT2D eigenvalue weighted by Gasteiger charge is -2.19. The molecule has 114 valence electrons. The van der Waals surface area contributed by atoms with Crippen LogP contribution in [0.25, 0.3) is 0 Å². The topological polar surface area (TPSA) is 29.9 Å². The van der Waals surface area contributed by atoms with Gasteiger partial charge in [-0.05, 0) is 42.8 Å². The van der Waals surface area contributed by atoms with Crippen LogP contribution in [0, 0.1) is 6.92 Å². The molecule has 0 saturated carbocycles. The lowest BCUT2D eigenvalue weighted by molar-refractivity contribution is -0.137. The number of nitrogens with one attached hydrogen (secondary N) is 1. The molecule has 1 aromatic carbocycles. The Kier molecular flexibility index (Phi) is 4.37. The molecule has 2 rings (SSSR count). The Bertz CT molecular complexity index is 617. The predicted octanol–water partition coefficient (Wildman–Crippen LogP) is 3.45. The van der Waals surface area contributed by atoms with E-state index in [0.29, 0.717) is 12.1 Å². The van der Waals surface area contributed by atoms with Gasteiger partial charge in [0.2, 0.25) is 0 Å². The number of alkyl halides is 3. The summed E-state index contributed by atoms with van der Waals surface area (Å²) in [4.78, 5) is 0. The minimum atomic E-state index is -4.32. The first-order valence-corrected chi connectivity index (χ1v) is 6.73. The second kappa shape index (κ2) is 5.89. The summed E-state index contributed by atoms with van der Waals surface area (Å²) in [6.07, 6.45) is -2.50. The largest absolute Gasteiger partial charge is 0.416 e. The van der Waals surface area contributed by atoms with Gasteiger partial charge in [0.05, 0.1) is 17.3 Å². The van der Waals surface area contributed by atoms with E-state index in [9.17, 15) is 13.2 Å². The number of hydrogen-bond acceptors (Lipinski definition) is 2. The zero-order valence-electron chi connectivity index (χ0n) is 12.2. The SMILES string of the molecule is CCNC(c1ccn(C)n1)c1ccc(C(F)(F)F)cc1C. The van der Waals surface area contributed by atoms with E-state index in [1.807, 2.05) is 26.2 Å². The van der Waals surface area contributed by atoms with Gasteiger partial charge in [-0.3, -0.25) is 4.68 Å². The highest BCUT2D eigenvalue weighted by molar-refractivity contribution is 5.38. The molecule has 21 heavy (non-hydrogen) atoms. The first-order valence-electron chi connectivity index (χ1n) is 6.73. The van der Waals surface area contributed by atoms with Crippen molar-refractivity contribution in [2.45, 2.75) is 26.1 Å². The molecule has 0 amide bonds. The monoisotopic (exact) mass is 297 g/mol. The van der Waals surface area contributed by atoms with Crippen molar-refractivity contribution in [2.75, 3.05) is 6.54 Å². The Balaban J connectivity index is 2.42. The molecule has 1 atom stereocenters. The zero-order chi connectivity index (χ0) is 15.6. The Morgan fingerprint density at radius 2 is 2.00 bits per heavy atom. The van der Waals surface area contributed by atoms with Gasteiger partial charge in [0.1, 0.15) is 0 Å². The van der Waals surface area contributed by atoms with Crippen LogP contribution in [-0.4, -0.2) is 16.3 Å². The lowest BCUT2D eigenvalue weighted by atomic mass is 9.96. The molecule has 0 aliphatic carbocycles. The second-order valence-corrected chi connectivity index (χ2v) is 4.97. The lowest BCUT2D eigenvalue weighted by Crippen LogP contribution is -2.23. The van der Waals surface area contributed by atoms with Gasteiger partial charge in [-0.15, -0.1) is 0 Å². The average molecular weight is 297 g/mol. The molecule has 1 unspecified atom stereocenters. The van der Waals surface area contributed by atoms with E-state index in [-0.39, 0.29) is 6.04 Å². The number of benzene rings is 1. The van der Waals surface area contributed by atoms with E-state index in [1.54, 1.807) is 11.6 Å². The first-order chi connectivity index (χ1) is 9.82. The standard InChI is InChI=1S/C15H18F3N3/c1-4-19-14(13-7-8-21(3)20-13)12-6-5-11(9-10(12)2)15(16,17)18/h5-9,14,19H,4H2,1-3H3. The number of aromatic nitrogens is 2. The number of nitrogens with zero attached hydrogens (tertiary/aromatic N) is 2. The minimum Gasteiger partial charge on any atom is -0.305 e. The van der Waals surface area contributed by atoms with Gasteiger partial charge in [-0.2, -0.15) is 18.3 Å². The molecule has 1 heterocycles. The van der Waals surface area contributed by atoms with Crippen LogP contribution in [0.4, 0.5) is 13.2 Å². The van der Waals surface area contributed by atoms with Gasteiger partial charge >= 0.3 is 6.18 Å². The average Bonchev–Trinajstić information content (AvgIpc) is 2.82. The van der Waals surface area contributed by atoms with E-state index in [4.69, 9.17) is 0 Å². The Labute approximate surface area is 121 Å². The van der Waals surface area contributed by atoms with Crippen LogP contribution in [-0.2, 0) is 13.2 Å². The molecule has 0 saturated heterocycles. The van der Waals surface area contributed by atoms with Gasteiger partial charge in [0.15, 0.2) is 0 Å². The van der Waals surface area contributed by atoms with Crippen molar-refractivity contribution in [2.24, 2.45) is 7.05 Å². The normalized spacial score (nSPS) is 13.4. The van der Waals surface area contributed by atoms with Crippen LogP contribution in [0.15, 0.2) is 30.5 Å². The molecular formula is C15H18F3N3. The number of rotatable bonds is 4. The highest BCUT2D eigenvalue weighted by atomic mass is 19.4. The van der Waals surface area contributed by atoms with E-state index >= 15 is 0 Å². The second-order valence-electron chi connectivity index (χ2n) is 4.97. The fraction of sp³-hybridized carbons (Fsp3) is 0.400. The first kappa shape index (κ1) is 15.6. The van der Waals surface area contributed by atoms with Crippen molar-refractivity contribution in [1.29, 1.82) is 0 Å². The summed E-state index contributed by atoms with van der Waals surface area (Å²) in [5.74, 6) is 0. The molecule has 3 nitrogen and oxygen atoms in total. The van der Waals surface area contributed by atoms with Crippen LogP contribution >= 0.6 is 0 Å². The highest BCUT2D eigenvalue weighted by Crippen LogP contribution is 2.32. The van der Waals surface area contributed by atoms with Gasteiger partial charge in [-0.1, -0.05) is 13.0 Å². The molecule has 6 heteroatoms. The van der Waals surface area contributed by atoms with Gasteiger partial charge < -0.3 is 5.32 Å². The third-order valence-corrected chi connectivity index (χ3v) is 3.35. The molecule has 1 aromatic heterocycles. The number of halogens is 3. The molecule has 0 radical (unpaired) electrons. The van der Waals surface area contributed by atoms with Crippen LogP contribution in [0.5, 0.6) is 0 Å². The van der Waals surface area contributed by atoms with Gasteiger partial charge in [-0.25, -0.2) is 0 Å². The maximum atomic E-state index is 12.7. The van der Waals surface area contributed by atoms with Crippen molar-refractivity contribution in [3.8, 4) is 0 Å². The van der Waals surface area contributed by atoms with E-state index in [0.717, 1.165) is 17.3 Å². The van der Waals surface area contributed by atoms with Crippen molar-refractivity contribution in [3.05, 3.63) is 52.8 Å². The van der Waals surface area contributed by atoms with Crippen molar-refractivity contribution < 1.29 is 13.2 Å². The fourth-order valence-corrected chi connectivity index (χ4v) is 2.34. The summed E-state index contributed by atoms with van der Waals surface area (Å²) in [5, 5.41) is 7.62. The Hall–Kier alpha value is -1.82. The van der Waals surface area contributed by atoms with E-state index < -0.39 is 11.7 Å². The molecule has 1 N–H and O–H groups in total. The Morgan fingerprint density at radius 1 is 1.29 bits per heavy atom. The third kappa shape index (κ3) is 3.44. The van der Waals surface area contributed by atoms with Crippen LogP contribution in [0.1, 0.15) is 35.3 Å². The molecule has 0 spiro atoms. The van der Waals surface area contributed by atoms with Crippen molar-refractivity contribution in [1.82, 2.24) is 15.1 Å². The third-order valence-electron chi connectivity index (χ3n) is 3.35. The number of aryl methyl sites for hydroxylation is 2. The fourth-order valence-electron chi connectivity index (χ4n) is 2.34. The minimum absolute atomic E-state index is 0.210. The van der Waals surface area contributed by atoms with Crippen LogP contribution in [0.3, 0.4) is 0 Å². The van der Waals surface area contributed by atoms with Crippen LogP contribution in [0.2, 0.25) is 0 Å². The molecule has 0 aliphatic rings. The van der Waals surface area contributed by atoms with Crippen molar-refractivity contribution in [3.63, 3.8) is 0 Å². The summed E-state index contributed by atoms with van der Waals surface area (Å²) in [6, 6.07) is 5.49. The highest BCUT2D eigenvalue weighted by Gasteiger charge is 2.31. The summed E-state index contributed by atoms with van der Waals surface area (Å²) >= 11 is 0. The van der Waals surface area contributed by atoms with E-state index in [1.165, 1.54) is 12.1 Å². The smallest absolute Gasteiger partial charge is 0.305 e. The summed E-state index contributed by atoms with van der Waals surface area (Å²) in [7, 11) is 1.81. The molecule has 0 bridgehead atoms. The summed E-state index contributed by atoms with van der Waals surface area (Å²) in [6.45, 7) is 4.34. The zero-order valence-corrected chi connectivity index (χ0v) is 12.2. The van der Waals surface area contributed by atoms with Crippen molar-refractivity contribution >= 4 is 0 Å². The summed E-state index contributed by atoms with van der Waals surface area (Å²) in [5.41, 5.74) is 1.58. The summed E-state index contributed by atoms with van der Waals surface area (Å²) < 4.78 is 39.9. The van der Waals surface area contributed by atoms with Gasteiger partial charge in [0.25, 0.3) is 0 Å². The maximum absolute atomic E-state index is 12.7. The quantitative estimate of drug-likeness (QED) is 0.937. The predicted molar refractivity (Wildman–Crippen MR) is 74.9 cm³/mol. The molecular weight excluding hydrogens is 279 g/mol. The molecule has 0 aliphatic heterocycles. The molecule has 0 fully saturated rings.